The van der Waals surface area contributed by atoms with Crippen LogP contribution in [0.5, 0.6) is 0 Å². The summed E-state index contributed by atoms with van der Waals surface area (Å²) in [6.07, 6.45) is 0. The van der Waals surface area contributed by atoms with Crippen LogP contribution in [-0.4, -0.2) is 55.1 Å². The molecular weight excluding hydrogens is 398 g/mol. The SMILES string of the molecule is Cc1nc(-c2ccc(F)cc2)sc1C(=O)NCCN1CCNCC1.Cl.Cl. The highest BCUT2D eigenvalue weighted by Crippen LogP contribution is 2.27. The van der Waals surface area contributed by atoms with E-state index in [4.69, 9.17) is 0 Å². The molecule has 2 aromatic rings. The molecule has 0 atom stereocenters. The molecule has 1 saturated heterocycles. The molecular formula is C17H23Cl2FN4OS. The third kappa shape index (κ3) is 5.89. The van der Waals surface area contributed by atoms with Crippen LogP contribution in [0, 0.1) is 12.7 Å². The molecule has 0 bridgehead atoms. The standard InChI is InChI=1S/C17H21FN4OS.2ClH/c1-12-15(16(23)20-8-11-22-9-6-19-7-10-22)24-17(21-12)13-2-4-14(18)5-3-13;;/h2-5,19H,6-11H2,1H3,(H,20,23);2*1H. The molecule has 1 aromatic carbocycles. The summed E-state index contributed by atoms with van der Waals surface area (Å²) in [4.78, 5) is 19.8. The smallest absolute Gasteiger partial charge is 0.263 e. The highest BCUT2D eigenvalue weighted by Gasteiger charge is 2.16. The van der Waals surface area contributed by atoms with E-state index >= 15 is 0 Å². The number of nitrogens with zero attached hydrogens (tertiary/aromatic N) is 2. The van der Waals surface area contributed by atoms with Crippen molar-refractivity contribution in [3.8, 4) is 10.6 Å². The van der Waals surface area contributed by atoms with Crippen molar-refractivity contribution in [2.24, 2.45) is 0 Å². The molecule has 1 fully saturated rings. The molecule has 0 radical (unpaired) electrons. The van der Waals surface area contributed by atoms with E-state index in [2.05, 4.69) is 20.5 Å². The highest BCUT2D eigenvalue weighted by molar-refractivity contribution is 7.17. The summed E-state index contributed by atoms with van der Waals surface area (Å²) in [5.74, 6) is -0.369. The van der Waals surface area contributed by atoms with Crippen LogP contribution in [0.2, 0.25) is 0 Å². The second kappa shape index (κ2) is 10.8. The summed E-state index contributed by atoms with van der Waals surface area (Å²) in [5.41, 5.74) is 1.53. The number of halogens is 3. The molecule has 0 saturated carbocycles. The lowest BCUT2D eigenvalue weighted by molar-refractivity contribution is 0.0950. The van der Waals surface area contributed by atoms with Crippen molar-refractivity contribution in [2.75, 3.05) is 39.3 Å². The van der Waals surface area contributed by atoms with Gasteiger partial charge in [-0.1, -0.05) is 0 Å². The number of aryl methyl sites for hydroxylation is 1. The van der Waals surface area contributed by atoms with E-state index in [1.54, 1.807) is 12.1 Å². The fourth-order valence-corrected chi connectivity index (χ4v) is 3.65. The third-order valence-corrected chi connectivity index (χ3v) is 5.22. The number of hydrogen-bond acceptors (Lipinski definition) is 5. The number of carbonyl (C=O) groups is 1. The number of aromatic nitrogens is 1. The summed E-state index contributed by atoms with van der Waals surface area (Å²) < 4.78 is 13.0. The van der Waals surface area contributed by atoms with E-state index in [9.17, 15) is 9.18 Å². The first-order valence-electron chi connectivity index (χ1n) is 8.08. The summed E-state index contributed by atoms with van der Waals surface area (Å²) >= 11 is 1.34. The van der Waals surface area contributed by atoms with Gasteiger partial charge in [0.15, 0.2) is 0 Å². The molecule has 0 spiro atoms. The zero-order valence-electron chi connectivity index (χ0n) is 14.5. The molecule has 26 heavy (non-hydrogen) atoms. The van der Waals surface area contributed by atoms with Gasteiger partial charge in [-0.2, -0.15) is 0 Å². The Bertz CT molecular complexity index is 705. The fraction of sp³-hybridized carbons (Fsp3) is 0.412. The van der Waals surface area contributed by atoms with E-state index < -0.39 is 0 Å². The van der Waals surface area contributed by atoms with Gasteiger partial charge in [0.05, 0.1) is 5.69 Å². The zero-order valence-corrected chi connectivity index (χ0v) is 16.9. The fourth-order valence-electron chi connectivity index (χ4n) is 2.67. The predicted octanol–water partition coefficient (Wildman–Crippen LogP) is 2.74. The maximum absolute atomic E-state index is 13.0. The van der Waals surface area contributed by atoms with E-state index in [0.29, 0.717) is 17.1 Å². The number of amides is 1. The van der Waals surface area contributed by atoms with Gasteiger partial charge in [-0.3, -0.25) is 9.69 Å². The Morgan fingerprint density at radius 2 is 1.92 bits per heavy atom. The van der Waals surface area contributed by atoms with Gasteiger partial charge in [-0.25, -0.2) is 9.37 Å². The topological polar surface area (TPSA) is 57.3 Å². The van der Waals surface area contributed by atoms with Crippen LogP contribution in [0.25, 0.3) is 10.6 Å². The normalized spacial score (nSPS) is 14.2. The molecule has 1 aliphatic rings. The Morgan fingerprint density at radius 1 is 1.27 bits per heavy atom. The molecule has 1 amide bonds. The van der Waals surface area contributed by atoms with Crippen molar-refractivity contribution in [1.82, 2.24) is 20.5 Å². The van der Waals surface area contributed by atoms with Crippen LogP contribution in [0.15, 0.2) is 24.3 Å². The lowest BCUT2D eigenvalue weighted by Crippen LogP contribution is -2.46. The largest absolute Gasteiger partial charge is 0.350 e. The number of carbonyl (C=O) groups excluding carboxylic acids is 1. The Labute approximate surface area is 169 Å². The maximum atomic E-state index is 13.0. The molecule has 2 heterocycles. The average Bonchev–Trinajstić information content (AvgIpc) is 2.98. The van der Waals surface area contributed by atoms with Crippen molar-refractivity contribution in [3.05, 3.63) is 40.7 Å². The van der Waals surface area contributed by atoms with Crippen molar-refractivity contribution in [1.29, 1.82) is 0 Å². The second-order valence-corrected chi connectivity index (χ2v) is 6.79. The molecule has 1 aliphatic heterocycles. The first-order valence-corrected chi connectivity index (χ1v) is 8.90. The maximum Gasteiger partial charge on any atom is 0.263 e. The van der Waals surface area contributed by atoms with Gasteiger partial charge in [0.1, 0.15) is 15.7 Å². The first-order chi connectivity index (χ1) is 11.6. The van der Waals surface area contributed by atoms with Crippen molar-refractivity contribution in [3.63, 3.8) is 0 Å². The van der Waals surface area contributed by atoms with E-state index in [0.717, 1.165) is 43.3 Å². The van der Waals surface area contributed by atoms with Crippen LogP contribution >= 0.6 is 36.2 Å². The van der Waals surface area contributed by atoms with Crippen LogP contribution in [0.3, 0.4) is 0 Å². The minimum Gasteiger partial charge on any atom is -0.350 e. The number of benzene rings is 1. The number of piperazine rings is 1. The summed E-state index contributed by atoms with van der Waals surface area (Å²) in [5, 5.41) is 7.02. The Balaban J connectivity index is 0.00000169. The van der Waals surface area contributed by atoms with Crippen LogP contribution in [-0.2, 0) is 0 Å². The number of nitrogens with one attached hydrogen (secondary N) is 2. The van der Waals surface area contributed by atoms with Crippen LogP contribution in [0.4, 0.5) is 4.39 Å². The molecule has 1 aromatic heterocycles. The summed E-state index contributed by atoms with van der Waals surface area (Å²) in [6.45, 7) is 7.35. The second-order valence-electron chi connectivity index (χ2n) is 5.79. The van der Waals surface area contributed by atoms with Gasteiger partial charge >= 0.3 is 0 Å². The predicted molar refractivity (Wildman–Crippen MR) is 108 cm³/mol. The molecule has 3 rings (SSSR count). The molecule has 144 valence electrons. The molecule has 2 N–H and O–H groups in total. The van der Waals surface area contributed by atoms with Gasteiger partial charge in [0.25, 0.3) is 5.91 Å². The van der Waals surface area contributed by atoms with Gasteiger partial charge in [-0.05, 0) is 31.2 Å². The van der Waals surface area contributed by atoms with Crippen molar-refractivity contribution >= 4 is 42.1 Å². The summed E-state index contributed by atoms with van der Waals surface area (Å²) in [7, 11) is 0. The lowest BCUT2D eigenvalue weighted by atomic mass is 10.2. The Morgan fingerprint density at radius 3 is 2.58 bits per heavy atom. The minimum atomic E-state index is -0.280. The number of hydrogen-bond donors (Lipinski definition) is 2. The number of rotatable bonds is 5. The van der Waals surface area contributed by atoms with E-state index in [-0.39, 0.29) is 36.5 Å². The molecule has 9 heteroatoms. The first kappa shape index (κ1) is 22.8. The quantitative estimate of drug-likeness (QED) is 0.780. The lowest BCUT2D eigenvalue weighted by Gasteiger charge is -2.27. The molecule has 0 aliphatic carbocycles. The van der Waals surface area contributed by atoms with Crippen LogP contribution in [0.1, 0.15) is 15.4 Å². The Kier molecular flexibility index (Phi) is 9.46. The van der Waals surface area contributed by atoms with E-state index in [1.807, 2.05) is 6.92 Å². The average molecular weight is 421 g/mol. The minimum absolute atomic E-state index is 0. The molecule has 0 unspecified atom stereocenters. The van der Waals surface area contributed by atoms with Crippen molar-refractivity contribution in [2.45, 2.75) is 6.92 Å². The zero-order chi connectivity index (χ0) is 16.9. The Hall–Kier alpha value is -1.25. The van der Waals surface area contributed by atoms with Crippen molar-refractivity contribution < 1.29 is 9.18 Å². The van der Waals surface area contributed by atoms with Gasteiger partial charge in [-0.15, -0.1) is 36.2 Å². The third-order valence-electron chi connectivity index (χ3n) is 4.02. The monoisotopic (exact) mass is 420 g/mol. The summed E-state index contributed by atoms with van der Waals surface area (Å²) in [6, 6.07) is 6.16. The van der Waals surface area contributed by atoms with Crippen LogP contribution < -0.4 is 10.6 Å². The van der Waals surface area contributed by atoms with Gasteiger partial charge in [0.2, 0.25) is 0 Å². The van der Waals surface area contributed by atoms with Gasteiger partial charge < -0.3 is 10.6 Å². The molecule has 5 nitrogen and oxygen atoms in total. The van der Waals surface area contributed by atoms with Gasteiger partial charge in [0, 0.05) is 44.8 Å². The van der Waals surface area contributed by atoms with E-state index in [1.165, 1.54) is 23.5 Å². The number of thiazole rings is 1. The highest BCUT2D eigenvalue weighted by atomic mass is 35.5.